The summed E-state index contributed by atoms with van der Waals surface area (Å²) in [7, 11) is 1.98. The molecule has 0 saturated carbocycles. The summed E-state index contributed by atoms with van der Waals surface area (Å²) in [6.07, 6.45) is 0. The minimum atomic E-state index is -0.420. The minimum absolute atomic E-state index is 0.186. The topological polar surface area (TPSA) is 49.4 Å². The van der Waals surface area contributed by atoms with Gasteiger partial charge in [-0.3, -0.25) is 14.9 Å². The number of benzene rings is 2. The molecule has 6 heteroatoms. The molecule has 1 N–H and O–H groups in total. The second-order valence-electron chi connectivity index (χ2n) is 6.19. The summed E-state index contributed by atoms with van der Waals surface area (Å²) in [5, 5.41) is 3.25. The van der Waals surface area contributed by atoms with Gasteiger partial charge in [0.2, 0.25) is 0 Å². The van der Waals surface area contributed by atoms with Crippen LogP contribution < -0.4 is 10.2 Å². The number of para-hydroxylation sites is 1. The predicted molar refractivity (Wildman–Crippen MR) is 99.0 cm³/mol. The fraction of sp³-hybridized carbons (Fsp3) is 0.158. The molecule has 25 heavy (non-hydrogen) atoms. The molecule has 0 aliphatic carbocycles. The van der Waals surface area contributed by atoms with Crippen molar-refractivity contribution in [3.05, 3.63) is 69.2 Å². The zero-order valence-corrected chi connectivity index (χ0v) is 14.9. The van der Waals surface area contributed by atoms with Crippen LogP contribution in [0.25, 0.3) is 5.57 Å². The first-order valence-electron chi connectivity index (χ1n) is 7.82. The average molecular weight is 373 g/mol. The van der Waals surface area contributed by atoms with E-state index in [1.807, 2.05) is 31.3 Å². The fourth-order valence-electron chi connectivity index (χ4n) is 3.61. The second kappa shape index (κ2) is 5.90. The van der Waals surface area contributed by atoms with Crippen molar-refractivity contribution in [3.63, 3.8) is 0 Å². The largest absolute Gasteiger partial charge is 0.373 e. The Kier molecular flexibility index (Phi) is 3.82. The Bertz CT molecular complexity index is 952. The summed E-state index contributed by atoms with van der Waals surface area (Å²) in [6, 6.07) is 12.8. The van der Waals surface area contributed by atoms with Gasteiger partial charge >= 0.3 is 0 Å². The van der Waals surface area contributed by atoms with E-state index in [4.69, 9.17) is 23.2 Å². The van der Waals surface area contributed by atoms with Gasteiger partial charge in [-0.2, -0.15) is 0 Å². The summed E-state index contributed by atoms with van der Waals surface area (Å²) >= 11 is 12.3. The lowest BCUT2D eigenvalue weighted by Crippen LogP contribution is -2.25. The van der Waals surface area contributed by atoms with E-state index in [0.29, 0.717) is 33.3 Å². The number of fused-ring (bicyclic) bond motifs is 1. The van der Waals surface area contributed by atoms with Gasteiger partial charge in [-0.05, 0) is 23.8 Å². The van der Waals surface area contributed by atoms with E-state index < -0.39 is 5.91 Å². The number of rotatable bonds is 2. The van der Waals surface area contributed by atoms with Crippen LogP contribution in [0.5, 0.6) is 0 Å². The van der Waals surface area contributed by atoms with Crippen LogP contribution in [-0.4, -0.2) is 25.4 Å². The molecule has 0 aromatic heterocycles. The molecule has 0 fully saturated rings. The molecular weight excluding hydrogens is 359 g/mol. The van der Waals surface area contributed by atoms with Crippen molar-refractivity contribution in [2.24, 2.45) is 0 Å². The Morgan fingerprint density at radius 3 is 2.60 bits per heavy atom. The highest BCUT2D eigenvalue weighted by Crippen LogP contribution is 2.44. The van der Waals surface area contributed by atoms with E-state index in [2.05, 4.69) is 10.2 Å². The molecule has 0 spiro atoms. The number of carbonyl (C=O) groups is 2. The Morgan fingerprint density at radius 2 is 1.84 bits per heavy atom. The van der Waals surface area contributed by atoms with Gasteiger partial charge in [0.15, 0.2) is 0 Å². The summed E-state index contributed by atoms with van der Waals surface area (Å²) < 4.78 is 0. The molecule has 2 amide bonds. The van der Waals surface area contributed by atoms with Crippen LogP contribution in [0.2, 0.25) is 10.0 Å². The Hall–Kier alpha value is -2.30. The number of likely N-dealkylation sites (N-methyl/N-ethyl adjacent to an activating group) is 1. The molecule has 0 saturated heterocycles. The molecule has 0 radical (unpaired) electrons. The maximum atomic E-state index is 12.6. The SMILES string of the molecule is CN1CC(C2=C(c3ccc(Cl)cc3Cl)C(=O)NC2=O)c2ccccc21. The van der Waals surface area contributed by atoms with Gasteiger partial charge in [-0.1, -0.05) is 47.5 Å². The fourth-order valence-corrected chi connectivity index (χ4v) is 4.11. The summed E-state index contributed by atoms with van der Waals surface area (Å²) in [4.78, 5) is 27.1. The third-order valence-electron chi connectivity index (χ3n) is 4.70. The number of amides is 2. The van der Waals surface area contributed by atoms with Gasteiger partial charge in [0.1, 0.15) is 0 Å². The van der Waals surface area contributed by atoms with Crippen LogP contribution in [0.4, 0.5) is 5.69 Å². The molecule has 2 aliphatic rings. The van der Waals surface area contributed by atoms with Crippen LogP contribution in [0.3, 0.4) is 0 Å². The molecule has 0 bridgehead atoms. The zero-order valence-electron chi connectivity index (χ0n) is 13.3. The van der Waals surface area contributed by atoms with Crippen molar-refractivity contribution < 1.29 is 9.59 Å². The van der Waals surface area contributed by atoms with Gasteiger partial charge in [0.25, 0.3) is 11.8 Å². The van der Waals surface area contributed by atoms with E-state index in [1.165, 1.54) is 0 Å². The molecule has 1 atom stereocenters. The van der Waals surface area contributed by atoms with Crippen molar-refractivity contribution in [3.8, 4) is 0 Å². The highest BCUT2D eigenvalue weighted by Gasteiger charge is 2.40. The standard InChI is InChI=1S/C19H14Cl2N2O2/c1-23-9-13(11-4-2-3-5-15(11)23)17-16(18(24)22-19(17)25)12-7-6-10(20)8-14(12)21/h2-8,13H,9H2,1H3,(H,22,24,25). The van der Waals surface area contributed by atoms with Crippen LogP contribution in [0.15, 0.2) is 48.0 Å². The van der Waals surface area contributed by atoms with Crippen LogP contribution in [0.1, 0.15) is 17.0 Å². The van der Waals surface area contributed by atoms with Gasteiger partial charge in [0.05, 0.1) is 10.6 Å². The smallest absolute Gasteiger partial charge is 0.259 e. The summed E-state index contributed by atoms with van der Waals surface area (Å²) in [5.74, 6) is -0.966. The highest BCUT2D eigenvalue weighted by atomic mass is 35.5. The van der Waals surface area contributed by atoms with Crippen LogP contribution >= 0.6 is 23.2 Å². The first-order chi connectivity index (χ1) is 12.0. The summed E-state index contributed by atoms with van der Waals surface area (Å²) in [6.45, 7) is 0.629. The quantitative estimate of drug-likeness (QED) is 0.818. The van der Waals surface area contributed by atoms with E-state index in [1.54, 1.807) is 18.2 Å². The normalized spacial score (nSPS) is 19.5. The molecule has 4 rings (SSSR count). The third kappa shape index (κ3) is 2.53. The average Bonchev–Trinajstić information content (AvgIpc) is 3.04. The number of anilines is 1. The molecule has 2 heterocycles. The van der Waals surface area contributed by atoms with Crippen LogP contribution in [-0.2, 0) is 9.59 Å². The molecule has 2 aromatic rings. The van der Waals surface area contributed by atoms with Crippen LogP contribution in [0, 0.1) is 0 Å². The number of imide groups is 1. The summed E-state index contributed by atoms with van der Waals surface area (Å²) in [5.41, 5.74) is 3.42. The lowest BCUT2D eigenvalue weighted by atomic mass is 9.88. The van der Waals surface area contributed by atoms with E-state index >= 15 is 0 Å². The van der Waals surface area contributed by atoms with Gasteiger partial charge in [0, 0.05) is 41.4 Å². The highest BCUT2D eigenvalue weighted by molar-refractivity contribution is 6.41. The maximum Gasteiger partial charge on any atom is 0.259 e. The molecule has 2 aliphatic heterocycles. The van der Waals surface area contributed by atoms with E-state index in [-0.39, 0.29) is 11.8 Å². The first kappa shape index (κ1) is 16.2. The molecular formula is C19H14Cl2N2O2. The number of nitrogens with zero attached hydrogens (tertiary/aromatic N) is 1. The third-order valence-corrected chi connectivity index (χ3v) is 5.24. The van der Waals surface area contributed by atoms with Gasteiger partial charge in [-0.25, -0.2) is 0 Å². The predicted octanol–water partition coefficient (Wildman–Crippen LogP) is 3.64. The Labute approximate surface area is 155 Å². The molecule has 1 unspecified atom stereocenters. The van der Waals surface area contributed by atoms with Gasteiger partial charge in [-0.15, -0.1) is 0 Å². The monoisotopic (exact) mass is 372 g/mol. The first-order valence-corrected chi connectivity index (χ1v) is 8.58. The van der Waals surface area contributed by atoms with Crippen molar-refractivity contribution in [1.29, 1.82) is 0 Å². The van der Waals surface area contributed by atoms with E-state index in [0.717, 1.165) is 11.3 Å². The molecule has 4 nitrogen and oxygen atoms in total. The zero-order chi connectivity index (χ0) is 17.7. The Balaban J connectivity index is 1.93. The number of halogens is 2. The minimum Gasteiger partial charge on any atom is -0.373 e. The Morgan fingerprint density at radius 1 is 1.08 bits per heavy atom. The maximum absolute atomic E-state index is 12.6. The molecule has 2 aromatic carbocycles. The number of nitrogens with one attached hydrogen (secondary N) is 1. The van der Waals surface area contributed by atoms with Crippen molar-refractivity contribution >= 4 is 46.3 Å². The molecule has 126 valence electrons. The van der Waals surface area contributed by atoms with Crippen molar-refractivity contribution in [2.75, 3.05) is 18.5 Å². The number of carbonyl (C=O) groups excluding carboxylic acids is 2. The van der Waals surface area contributed by atoms with Gasteiger partial charge < -0.3 is 4.90 Å². The number of hydrogen-bond donors (Lipinski definition) is 1. The second-order valence-corrected chi connectivity index (χ2v) is 7.03. The van der Waals surface area contributed by atoms with Crippen molar-refractivity contribution in [2.45, 2.75) is 5.92 Å². The number of hydrogen-bond acceptors (Lipinski definition) is 3. The lowest BCUT2D eigenvalue weighted by Gasteiger charge is -2.14. The van der Waals surface area contributed by atoms with Crippen molar-refractivity contribution in [1.82, 2.24) is 5.32 Å². The van der Waals surface area contributed by atoms with E-state index in [9.17, 15) is 9.59 Å². The lowest BCUT2D eigenvalue weighted by molar-refractivity contribution is -0.123.